The molecular formula is C14H14N6O3. The molecule has 1 aromatic carbocycles. The Labute approximate surface area is 130 Å². The monoisotopic (exact) mass is 314 g/mol. The third kappa shape index (κ3) is 2.34. The van der Waals surface area contributed by atoms with Crippen LogP contribution in [0.3, 0.4) is 0 Å². The summed E-state index contributed by atoms with van der Waals surface area (Å²) in [5, 5.41) is 20.3. The first-order valence-electron chi connectivity index (χ1n) is 7.36. The van der Waals surface area contributed by atoms with Crippen molar-refractivity contribution in [2.24, 2.45) is 0 Å². The topological polar surface area (TPSA) is 101 Å². The van der Waals surface area contributed by atoms with Crippen molar-refractivity contribution in [3.63, 3.8) is 0 Å². The van der Waals surface area contributed by atoms with Crippen LogP contribution in [-0.2, 0) is 4.74 Å². The fourth-order valence-electron chi connectivity index (χ4n) is 2.88. The number of fused-ring (bicyclic) bond motifs is 1. The largest absolute Gasteiger partial charge is 0.356 e. The highest BCUT2D eigenvalue weighted by Gasteiger charge is 2.23. The summed E-state index contributed by atoms with van der Waals surface area (Å²) >= 11 is 0. The van der Waals surface area contributed by atoms with Crippen molar-refractivity contribution in [1.82, 2.24) is 24.5 Å². The van der Waals surface area contributed by atoms with Gasteiger partial charge in [-0.25, -0.2) is 14.3 Å². The van der Waals surface area contributed by atoms with Crippen molar-refractivity contribution in [3.8, 4) is 5.69 Å². The number of nitro groups is 1. The standard InChI is InChI=1S/C14H14N6O3/c21-20(22)13-6-10(18-9-15-8-17-18)5-12-11(13)7-16-19(12)14-3-1-2-4-23-14/h5-9,14H,1-4H2. The van der Waals surface area contributed by atoms with Crippen LogP contribution in [0, 0.1) is 10.1 Å². The van der Waals surface area contributed by atoms with Crippen molar-refractivity contribution < 1.29 is 9.66 Å². The zero-order valence-electron chi connectivity index (χ0n) is 12.2. The maximum Gasteiger partial charge on any atom is 0.282 e. The molecule has 1 aliphatic heterocycles. The Bertz CT molecular complexity index is 851. The number of benzene rings is 1. The van der Waals surface area contributed by atoms with Crippen LogP contribution in [0.15, 0.2) is 31.0 Å². The number of non-ortho nitro benzene ring substituents is 1. The zero-order chi connectivity index (χ0) is 15.8. The summed E-state index contributed by atoms with van der Waals surface area (Å²) in [4.78, 5) is 14.9. The third-order valence-electron chi connectivity index (χ3n) is 3.99. The predicted molar refractivity (Wildman–Crippen MR) is 80.1 cm³/mol. The average molecular weight is 314 g/mol. The Balaban J connectivity index is 1.91. The molecule has 1 atom stereocenters. The van der Waals surface area contributed by atoms with Crippen LogP contribution in [0.4, 0.5) is 5.69 Å². The molecule has 0 saturated carbocycles. The van der Waals surface area contributed by atoms with Crippen LogP contribution in [0.5, 0.6) is 0 Å². The molecule has 1 unspecified atom stereocenters. The molecule has 3 aromatic rings. The van der Waals surface area contributed by atoms with Gasteiger partial charge in [0.15, 0.2) is 6.23 Å². The number of hydrogen-bond acceptors (Lipinski definition) is 6. The molecule has 0 bridgehead atoms. The number of rotatable bonds is 3. The lowest BCUT2D eigenvalue weighted by molar-refractivity contribution is -0.383. The number of hydrogen-bond donors (Lipinski definition) is 0. The van der Waals surface area contributed by atoms with Gasteiger partial charge in [-0.05, 0) is 25.3 Å². The normalized spacial score (nSPS) is 18.3. The lowest BCUT2D eigenvalue weighted by atomic mass is 10.1. The maximum absolute atomic E-state index is 11.4. The first-order valence-corrected chi connectivity index (χ1v) is 7.36. The average Bonchev–Trinajstić information content (AvgIpc) is 3.24. The summed E-state index contributed by atoms with van der Waals surface area (Å²) in [6.45, 7) is 0.677. The van der Waals surface area contributed by atoms with Crippen LogP contribution in [0.2, 0.25) is 0 Å². The van der Waals surface area contributed by atoms with Gasteiger partial charge < -0.3 is 4.74 Å². The summed E-state index contributed by atoms with van der Waals surface area (Å²) in [6, 6.07) is 3.30. The summed E-state index contributed by atoms with van der Waals surface area (Å²) in [5.74, 6) is 0. The quantitative estimate of drug-likeness (QED) is 0.542. The number of aromatic nitrogens is 5. The Kier molecular flexibility index (Phi) is 3.27. The smallest absolute Gasteiger partial charge is 0.282 e. The molecule has 0 spiro atoms. The molecule has 0 N–H and O–H groups in total. The highest BCUT2D eigenvalue weighted by Crippen LogP contribution is 2.32. The van der Waals surface area contributed by atoms with E-state index in [1.54, 1.807) is 4.68 Å². The van der Waals surface area contributed by atoms with E-state index in [9.17, 15) is 10.1 Å². The van der Waals surface area contributed by atoms with Gasteiger partial charge in [-0.15, -0.1) is 0 Å². The van der Waals surface area contributed by atoms with Crippen LogP contribution in [0.1, 0.15) is 25.5 Å². The second kappa shape index (κ2) is 5.43. The second-order valence-electron chi connectivity index (χ2n) is 5.41. The van der Waals surface area contributed by atoms with Crippen LogP contribution in [0.25, 0.3) is 16.6 Å². The molecule has 1 aliphatic rings. The van der Waals surface area contributed by atoms with Crippen molar-refractivity contribution in [2.45, 2.75) is 25.5 Å². The fraction of sp³-hybridized carbons (Fsp3) is 0.357. The number of ether oxygens (including phenoxy) is 1. The van der Waals surface area contributed by atoms with E-state index in [1.165, 1.54) is 29.6 Å². The first-order chi connectivity index (χ1) is 11.2. The molecule has 1 saturated heterocycles. The minimum atomic E-state index is -0.406. The van der Waals surface area contributed by atoms with E-state index < -0.39 is 4.92 Å². The maximum atomic E-state index is 11.4. The van der Waals surface area contributed by atoms with Crippen molar-refractivity contribution >= 4 is 16.6 Å². The van der Waals surface area contributed by atoms with E-state index in [0.29, 0.717) is 23.2 Å². The van der Waals surface area contributed by atoms with Gasteiger partial charge in [0.25, 0.3) is 5.69 Å². The van der Waals surface area contributed by atoms with Crippen molar-refractivity contribution in [3.05, 3.63) is 41.1 Å². The lowest BCUT2D eigenvalue weighted by Gasteiger charge is -2.23. The Morgan fingerprint density at radius 1 is 1.30 bits per heavy atom. The molecule has 118 valence electrons. The van der Waals surface area contributed by atoms with Gasteiger partial charge in [0, 0.05) is 12.7 Å². The summed E-state index contributed by atoms with van der Waals surface area (Å²) in [7, 11) is 0. The van der Waals surface area contributed by atoms with Gasteiger partial charge in [-0.3, -0.25) is 10.1 Å². The van der Waals surface area contributed by atoms with Gasteiger partial charge >= 0.3 is 0 Å². The van der Waals surface area contributed by atoms with Crippen molar-refractivity contribution in [1.29, 1.82) is 0 Å². The number of nitrogens with zero attached hydrogens (tertiary/aromatic N) is 6. The Morgan fingerprint density at radius 2 is 2.22 bits per heavy atom. The molecule has 23 heavy (non-hydrogen) atoms. The highest BCUT2D eigenvalue weighted by atomic mass is 16.6. The molecule has 2 aromatic heterocycles. The van der Waals surface area contributed by atoms with Crippen LogP contribution < -0.4 is 0 Å². The van der Waals surface area contributed by atoms with Gasteiger partial charge in [0.2, 0.25) is 0 Å². The second-order valence-corrected chi connectivity index (χ2v) is 5.41. The van der Waals surface area contributed by atoms with E-state index in [-0.39, 0.29) is 11.9 Å². The third-order valence-corrected chi connectivity index (χ3v) is 3.99. The molecule has 1 fully saturated rings. The molecule has 3 heterocycles. The summed E-state index contributed by atoms with van der Waals surface area (Å²) in [6.07, 6.45) is 7.15. The number of nitro benzene ring substituents is 1. The Morgan fingerprint density at radius 3 is 2.91 bits per heavy atom. The Hall–Kier alpha value is -2.81. The molecular weight excluding hydrogens is 300 g/mol. The van der Waals surface area contributed by atoms with Gasteiger partial charge in [-0.1, -0.05) is 0 Å². The minimum Gasteiger partial charge on any atom is -0.356 e. The van der Waals surface area contributed by atoms with Gasteiger partial charge in [-0.2, -0.15) is 10.2 Å². The van der Waals surface area contributed by atoms with E-state index in [4.69, 9.17) is 4.74 Å². The summed E-state index contributed by atoms with van der Waals surface area (Å²) < 4.78 is 8.97. The lowest BCUT2D eigenvalue weighted by Crippen LogP contribution is -2.19. The van der Waals surface area contributed by atoms with E-state index in [0.717, 1.165) is 19.3 Å². The minimum absolute atomic E-state index is 0.00457. The molecule has 9 heteroatoms. The predicted octanol–water partition coefficient (Wildman–Crippen LogP) is 2.22. The van der Waals surface area contributed by atoms with Crippen LogP contribution in [-0.4, -0.2) is 36.1 Å². The summed E-state index contributed by atoms with van der Waals surface area (Å²) in [5.41, 5.74) is 1.23. The first kappa shape index (κ1) is 13.8. The highest BCUT2D eigenvalue weighted by molar-refractivity contribution is 5.90. The van der Waals surface area contributed by atoms with E-state index >= 15 is 0 Å². The molecule has 0 radical (unpaired) electrons. The zero-order valence-corrected chi connectivity index (χ0v) is 12.2. The molecule has 0 amide bonds. The molecule has 4 rings (SSSR count). The van der Waals surface area contributed by atoms with Gasteiger partial charge in [0.1, 0.15) is 12.7 Å². The van der Waals surface area contributed by atoms with Crippen molar-refractivity contribution in [2.75, 3.05) is 6.61 Å². The van der Waals surface area contributed by atoms with Crippen LogP contribution >= 0.6 is 0 Å². The van der Waals surface area contributed by atoms with E-state index in [2.05, 4.69) is 15.2 Å². The van der Waals surface area contributed by atoms with Gasteiger partial charge in [0.05, 0.1) is 27.7 Å². The SMILES string of the molecule is O=[N+]([O-])c1cc(-n2cncn2)cc2c1cnn2C1CCCCO1. The fourth-order valence-corrected chi connectivity index (χ4v) is 2.88. The molecule has 9 nitrogen and oxygen atoms in total. The molecule has 0 aliphatic carbocycles. The van der Waals surface area contributed by atoms with E-state index in [1.807, 2.05) is 6.07 Å².